The van der Waals surface area contributed by atoms with Crippen molar-refractivity contribution < 1.29 is 13.2 Å². The number of ether oxygens (including phenoxy) is 1. The van der Waals surface area contributed by atoms with E-state index in [1.54, 1.807) is 15.3 Å². The number of methoxy groups -OCH3 is 1. The van der Waals surface area contributed by atoms with Crippen molar-refractivity contribution in [3.05, 3.63) is 123 Å². The van der Waals surface area contributed by atoms with Gasteiger partial charge in [0, 0.05) is 24.7 Å². The van der Waals surface area contributed by atoms with Gasteiger partial charge in [0.15, 0.2) is 9.84 Å². The van der Waals surface area contributed by atoms with Gasteiger partial charge in [0.1, 0.15) is 22.5 Å². The molecule has 47 heavy (non-hydrogen) atoms. The number of aromatic nitrogens is 5. The molecule has 0 saturated carbocycles. The average molecular weight is 674 g/mol. The van der Waals surface area contributed by atoms with Crippen molar-refractivity contribution in [1.82, 2.24) is 24.3 Å². The van der Waals surface area contributed by atoms with E-state index in [0.29, 0.717) is 36.6 Å². The van der Waals surface area contributed by atoms with Gasteiger partial charge < -0.3 is 4.74 Å². The lowest BCUT2D eigenvalue weighted by atomic mass is 9.87. The third kappa shape index (κ3) is 8.18. The van der Waals surface area contributed by atoms with E-state index >= 15 is 0 Å². The molecule has 0 aliphatic carbocycles. The second-order valence-electron chi connectivity index (χ2n) is 12.5. The molecule has 0 spiro atoms. The maximum absolute atomic E-state index is 13.1. The van der Waals surface area contributed by atoms with Crippen molar-refractivity contribution in [2.24, 2.45) is 0 Å². The second kappa shape index (κ2) is 14.2. The van der Waals surface area contributed by atoms with Crippen LogP contribution in [0.4, 0.5) is 0 Å². The van der Waals surface area contributed by atoms with Gasteiger partial charge in [-0.05, 0) is 66.1 Å². The molecule has 0 aliphatic heterocycles. The van der Waals surface area contributed by atoms with Gasteiger partial charge in [-0.3, -0.25) is 4.57 Å². The van der Waals surface area contributed by atoms with Crippen molar-refractivity contribution in [3.63, 3.8) is 0 Å². The number of benzene rings is 2. The lowest BCUT2D eigenvalue weighted by Crippen LogP contribution is -2.25. The predicted octanol–water partition coefficient (Wildman–Crippen LogP) is 6.68. The fourth-order valence-electron chi connectivity index (χ4n) is 5.42. The van der Waals surface area contributed by atoms with Crippen molar-refractivity contribution in [3.8, 4) is 17.0 Å². The Morgan fingerprint density at radius 2 is 1.60 bits per heavy atom. The predicted molar refractivity (Wildman–Crippen MR) is 185 cm³/mol. The number of nitrogens with zero attached hydrogens (tertiary/aromatic N) is 5. The molecule has 0 atom stereocenters. The Kier molecular flexibility index (Phi) is 10.3. The van der Waals surface area contributed by atoms with Crippen LogP contribution in [0, 0.1) is 0 Å². The zero-order valence-corrected chi connectivity index (χ0v) is 29.0. The van der Waals surface area contributed by atoms with E-state index in [2.05, 4.69) is 55.0 Å². The molecule has 11 heteroatoms. The molecule has 2 aromatic carbocycles. The highest BCUT2D eigenvalue weighted by molar-refractivity contribution is 7.90. The van der Waals surface area contributed by atoms with Crippen LogP contribution >= 0.6 is 11.6 Å². The minimum atomic E-state index is -3.72. The summed E-state index contributed by atoms with van der Waals surface area (Å²) in [6.45, 7) is 9.53. The zero-order valence-electron chi connectivity index (χ0n) is 27.4. The number of aryl methyl sites for hydroxylation is 2. The van der Waals surface area contributed by atoms with Gasteiger partial charge >= 0.3 is 5.69 Å². The quantitative estimate of drug-likeness (QED) is 0.136. The fourth-order valence-corrected chi connectivity index (χ4v) is 6.75. The lowest BCUT2D eigenvalue weighted by Gasteiger charge is -2.19. The topological polar surface area (TPSA) is 109 Å². The van der Waals surface area contributed by atoms with Crippen molar-refractivity contribution >= 4 is 21.4 Å². The number of hydrogen-bond acceptors (Lipinski definition) is 7. The summed E-state index contributed by atoms with van der Waals surface area (Å²) in [4.78, 5) is 21.7. The molecule has 0 N–H and O–H groups in total. The Hall–Kier alpha value is -4.28. The molecular weight excluding hydrogens is 634 g/mol. The van der Waals surface area contributed by atoms with E-state index in [9.17, 15) is 13.2 Å². The van der Waals surface area contributed by atoms with Gasteiger partial charge in [0.2, 0.25) is 0 Å². The first-order valence-electron chi connectivity index (χ1n) is 15.6. The smallest absolute Gasteiger partial charge is 0.346 e. The van der Waals surface area contributed by atoms with Gasteiger partial charge in [0.25, 0.3) is 0 Å². The summed E-state index contributed by atoms with van der Waals surface area (Å²) in [5.74, 6) is 0.843. The Morgan fingerprint density at radius 3 is 2.21 bits per heavy atom. The number of halogens is 1. The molecule has 3 aromatic heterocycles. The zero-order chi connectivity index (χ0) is 33.8. The van der Waals surface area contributed by atoms with E-state index < -0.39 is 9.84 Å². The largest absolute Gasteiger partial charge is 0.495 e. The summed E-state index contributed by atoms with van der Waals surface area (Å²) in [5, 5.41) is 4.92. The van der Waals surface area contributed by atoms with Gasteiger partial charge in [-0.25, -0.2) is 27.9 Å². The Balaban J connectivity index is 1.24. The molecule has 0 aliphatic rings. The van der Waals surface area contributed by atoms with Gasteiger partial charge in [-0.15, -0.1) is 0 Å². The Labute approximate surface area is 281 Å². The van der Waals surface area contributed by atoms with Crippen molar-refractivity contribution in [1.29, 1.82) is 0 Å². The molecule has 5 aromatic rings. The van der Waals surface area contributed by atoms with Gasteiger partial charge in [0.05, 0.1) is 29.9 Å². The minimum absolute atomic E-state index is 0.0640. The molecule has 246 valence electrons. The minimum Gasteiger partial charge on any atom is -0.495 e. The Morgan fingerprint density at radius 1 is 0.894 bits per heavy atom. The van der Waals surface area contributed by atoms with Crippen LogP contribution < -0.4 is 10.4 Å². The summed E-state index contributed by atoms with van der Waals surface area (Å²) in [6, 6.07) is 22.9. The molecule has 0 fully saturated rings. The summed E-state index contributed by atoms with van der Waals surface area (Å²) in [6.07, 6.45) is 3.57. The van der Waals surface area contributed by atoms with E-state index in [1.165, 1.54) is 31.0 Å². The summed E-state index contributed by atoms with van der Waals surface area (Å²) >= 11 is 5.83. The number of pyridine rings is 2. The molecule has 3 heterocycles. The highest BCUT2D eigenvalue weighted by atomic mass is 35.5. The number of hydrogen-bond donors (Lipinski definition) is 0. The summed E-state index contributed by atoms with van der Waals surface area (Å²) in [5.41, 5.74) is 5.24. The van der Waals surface area contributed by atoms with E-state index in [-0.39, 0.29) is 26.9 Å². The SMILES string of the molecule is CCn1c(CCCc2ccc(-c3ccc(OC)c(CS(=O)(=O)c4ccc(Cl)nc4)n3)cc2)nn(Cc2ccc(C(C)(C)C)cc2)c1=O. The van der Waals surface area contributed by atoms with Crippen molar-refractivity contribution in [2.45, 2.75) is 76.1 Å². The first-order chi connectivity index (χ1) is 22.4. The molecule has 9 nitrogen and oxygen atoms in total. The van der Waals surface area contributed by atoms with Crippen LogP contribution in [0.1, 0.15) is 62.3 Å². The summed E-state index contributed by atoms with van der Waals surface area (Å²) in [7, 11) is -2.23. The highest BCUT2D eigenvalue weighted by Gasteiger charge is 2.21. The molecule has 0 amide bonds. The first-order valence-corrected chi connectivity index (χ1v) is 17.6. The van der Waals surface area contributed by atoms with E-state index in [4.69, 9.17) is 21.4 Å². The molecule has 0 bridgehead atoms. The fraction of sp³-hybridized carbons (Fsp3) is 0.333. The second-order valence-corrected chi connectivity index (χ2v) is 14.9. The number of rotatable bonds is 12. The third-order valence-electron chi connectivity index (χ3n) is 8.12. The molecule has 5 rings (SSSR count). The monoisotopic (exact) mass is 673 g/mol. The Bertz CT molecular complexity index is 2000. The molecular formula is C36H40ClN5O4S. The van der Waals surface area contributed by atoms with E-state index in [0.717, 1.165) is 35.4 Å². The standard InChI is InChI=1S/C36H40ClN5O4S/c1-6-41-34(40-42(35(41)43)23-26-12-16-28(17-13-26)36(2,3)4)9-7-8-25-10-14-27(15-11-25)30-19-20-32(46-5)31(39-30)24-47(44,45)29-18-21-33(37)38-22-29/h10-22H,6-9,23-24H2,1-5H3. The van der Waals surface area contributed by atoms with Crippen LogP contribution in [0.15, 0.2) is 88.7 Å². The van der Waals surface area contributed by atoms with Gasteiger partial charge in [-0.2, -0.15) is 5.10 Å². The van der Waals surface area contributed by atoms with Crippen LogP contribution in [0.2, 0.25) is 5.15 Å². The van der Waals surface area contributed by atoms with Crippen LogP contribution in [-0.2, 0) is 46.9 Å². The number of sulfone groups is 1. The molecule has 0 radical (unpaired) electrons. The average Bonchev–Trinajstić information content (AvgIpc) is 3.34. The highest BCUT2D eigenvalue weighted by Crippen LogP contribution is 2.27. The maximum Gasteiger partial charge on any atom is 0.346 e. The van der Waals surface area contributed by atoms with Crippen LogP contribution in [0.25, 0.3) is 11.3 Å². The summed E-state index contributed by atoms with van der Waals surface area (Å²) < 4.78 is 34.8. The van der Waals surface area contributed by atoms with E-state index in [1.807, 2.05) is 37.3 Å². The molecule has 0 unspecified atom stereocenters. The van der Waals surface area contributed by atoms with Crippen LogP contribution in [0.5, 0.6) is 5.75 Å². The lowest BCUT2D eigenvalue weighted by molar-refractivity contribution is 0.408. The van der Waals surface area contributed by atoms with Crippen molar-refractivity contribution in [2.75, 3.05) is 7.11 Å². The third-order valence-corrected chi connectivity index (χ3v) is 9.96. The molecule has 0 saturated heterocycles. The van der Waals surface area contributed by atoms with Crippen LogP contribution in [0.3, 0.4) is 0 Å². The first kappa shape index (κ1) is 34.1. The normalized spacial score (nSPS) is 12.0. The van der Waals surface area contributed by atoms with Crippen LogP contribution in [-0.4, -0.2) is 39.8 Å². The maximum atomic E-state index is 13.1. The van der Waals surface area contributed by atoms with Gasteiger partial charge in [-0.1, -0.05) is 80.9 Å².